The molecule has 1 aromatic heterocycles. The van der Waals surface area contributed by atoms with Gasteiger partial charge in [-0.15, -0.1) is 0 Å². The number of carbonyl (C=O) groups is 1. The van der Waals surface area contributed by atoms with E-state index < -0.39 is 5.97 Å². The van der Waals surface area contributed by atoms with E-state index in [0.29, 0.717) is 12.5 Å². The minimum absolute atomic E-state index is 0.120. The summed E-state index contributed by atoms with van der Waals surface area (Å²) in [5.74, 6) is -0.0737. The molecule has 0 unspecified atom stereocenters. The molecule has 7 heteroatoms. The van der Waals surface area contributed by atoms with Gasteiger partial charge in [-0.05, 0) is 30.7 Å². The summed E-state index contributed by atoms with van der Waals surface area (Å²) in [6.45, 7) is 1.50. The Morgan fingerprint density at radius 3 is 2.88 bits per heavy atom. The number of carboxylic acid groups (broad SMARTS) is 1. The van der Waals surface area contributed by atoms with Gasteiger partial charge in [0.15, 0.2) is 0 Å². The number of carboxylic acids is 1. The minimum Gasteiger partial charge on any atom is -0.478 e. The molecule has 1 aliphatic heterocycles. The van der Waals surface area contributed by atoms with Gasteiger partial charge in [0.2, 0.25) is 5.95 Å². The Morgan fingerprint density at radius 1 is 1.38 bits per heavy atom. The van der Waals surface area contributed by atoms with Crippen LogP contribution >= 0.6 is 0 Å². The maximum absolute atomic E-state index is 11.2. The molecule has 24 heavy (non-hydrogen) atoms. The maximum Gasteiger partial charge on any atom is 0.335 e. The van der Waals surface area contributed by atoms with Gasteiger partial charge in [-0.1, -0.05) is 6.07 Å². The molecule has 2 heterocycles. The van der Waals surface area contributed by atoms with Crippen molar-refractivity contribution in [2.24, 2.45) is 5.92 Å². The molecule has 1 fully saturated rings. The fraction of sp³-hybridized carbons (Fsp3) is 0.353. The fourth-order valence-electron chi connectivity index (χ4n) is 3.06. The van der Waals surface area contributed by atoms with Gasteiger partial charge in [-0.25, -0.2) is 14.8 Å². The van der Waals surface area contributed by atoms with E-state index in [-0.39, 0.29) is 17.7 Å². The number of rotatable bonds is 6. The third kappa shape index (κ3) is 3.46. The van der Waals surface area contributed by atoms with E-state index in [1.807, 2.05) is 6.07 Å². The molecule has 0 amide bonds. The van der Waals surface area contributed by atoms with Crippen molar-refractivity contribution in [2.75, 3.05) is 30.4 Å². The second kappa shape index (κ2) is 7.27. The number of benzene rings is 1. The molecule has 0 saturated carbocycles. The highest BCUT2D eigenvalue weighted by Gasteiger charge is 2.34. The normalized spacial score (nSPS) is 20.1. The average molecular weight is 328 g/mol. The summed E-state index contributed by atoms with van der Waals surface area (Å²) in [5, 5.41) is 12.4. The molecule has 0 bridgehead atoms. The van der Waals surface area contributed by atoms with Crippen LogP contribution in [0.5, 0.6) is 0 Å². The van der Waals surface area contributed by atoms with Gasteiger partial charge in [0.1, 0.15) is 6.23 Å². The van der Waals surface area contributed by atoms with Crippen LogP contribution in [0.25, 0.3) is 0 Å². The van der Waals surface area contributed by atoms with E-state index in [1.165, 1.54) is 0 Å². The van der Waals surface area contributed by atoms with Gasteiger partial charge in [0.05, 0.1) is 5.56 Å². The predicted octanol–water partition coefficient (Wildman–Crippen LogP) is 2.09. The Hall–Kier alpha value is -2.67. The molecule has 0 spiro atoms. The molecule has 0 aliphatic carbocycles. The molecule has 2 N–H and O–H groups in total. The van der Waals surface area contributed by atoms with Crippen LogP contribution < -0.4 is 10.2 Å². The summed E-state index contributed by atoms with van der Waals surface area (Å²) in [6.07, 6.45) is 4.21. The maximum atomic E-state index is 11.2. The van der Waals surface area contributed by atoms with Crippen molar-refractivity contribution in [2.45, 2.75) is 12.6 Å². The van der Waals surface area contributed by atoms with Crippen LogP contribution in [-0.4, -0.2) is 47.5 Å². The Bertz CT molecular complexity index is 695. The largest absolute Gasteiger partial charge is 0.478 e. The minimum atomic E-state index is -0.926. The number of nitrogens with one attached hydrogen (secondary N) is 1. The van der Waals surface area contributed by atoms with Crippen molar-refractivity contribution in [3.8, 4) is 0 Å². The fourth-order valence-corrected chi connectivity index (χ4v) is 3.06. The van der Waals surface area contributed by atoms with E-state index in [0.717, 1.165) is 18.7 Å². The lowest BCUT2D eigenvalue weighted by molar-refractivity contribution is 0.0695. The van der Waals surface area contributed by atoms with Gasteiger partial charge < -0.3 is 20.1 Å². The van der Waals surface area contributed by atoms with Crippen LogP contribution in [0.2, 0.25) is 0 Å². The number of ether oxygens (including phenoxy) is 1. The molecular formula is C17H20N4O3. The average Bonchev–Trinajstić information content (AvgIpc) is 3.04. The zero-order valence-corrected chi connectivity index (χ0v) is 13.4. The second-order valence-corrected chi connectivity index (χ2v) is 5.68. The first-order valence-corrected chi connectivity index (χ1v) is 7.82. The van der Waals surface area contributed by atoms with Crippen LogP contribution in [0.1, 0.15) is 16.8 Å². The van der Waals surface area contributed by atoms with Crippen LogP contribution in [0.3, 0.4) is 0 Å². The van der Waals surface area contributed by atoms with Gasteiger partial charge in [0.25, 0.3) is 0 Å². The number of aromatic nitrogens is 2. The first-order chi connectivity index (χ1) is 11.7. The van der Waals surface area contributed by atoms with Crippen LogP contribution in [-0.2, 0) is 4.74 Å². The van der Waals surface area contributed by atoms with Gasteiger partial charge in [-0.3, -0.25) is 0 Å². The van der Waals surface area contributed by atoms with Crippen molar-refractivity contribution in [3.05, 3.63) is 48.3 Å². The highest BCUT2D eigenvalue weighted by atomic mass is 16.5. The summed E-state index contributed by atoms with van der Waals surface area (Å²) >= 11 is 0. The zero-order valence-electron chi connectivity index (χ0n) is 13.4. The number of aromatic carboxylic acids is 1. The molecule has 7 nitrogen and oxygen atoms in total. The molecule has 0 radical (unpaired) electrons. The van der Waals surface area contributed by atoms with Crippen molar-refractivity contribution < 1.29 is 14.6 Å². The Balaban J connectivity index is 1.70. The van der Waals surface area contributed by atoms with Gasteiger partial charge >= 0.3 is 5.97 Å². The number of hydrogen-bond acceptors (Lipinski definition) is 6. The van der Waals surface area contributed by atoms with Crippen LogP contribution in [0.15, 0.2) is 42.7 Å². The summed E-state index contributed by atoms with van der Waals surface area (Å²) in [7, 11) is 1.68. The van der Waals surface area contributed by atoms with E-state index in [2.05, 4.69) is 20.2 Å². The van der Waals surface area contributed by atoms with E-state index in [1.54, 1.807) is 43.8 Å². The summed E-state index contributed by atoms with van der Waals surface area (Å²) in [6, 6.07) is 8.72. The molecule has 1 aliphatic rings. The monoisotopic (exact) mass is 328 g/mol. The van der Waals surface area contributed by atoms with Crippen molar-refractivity contribution in [1.82, 2.24) is 9.97 Å². The summed E-state index contributed by atoms with van der Waals surface area (Å²) in [4.78, 5) is 21.6. The highest BCUT2D eigenvalue weighted by Crippen LogP contribution is 2.31. The molecular weight excluding hydrogens is 308 g/mol. The van der Waals surface area contributed by atoms with Crippen LogP contribution in [0.4, 0.5) is 11.6 Å². The van der Waals surface area contributed by atoms with Gasteiger partial charge in [-0.2, -0.15) is 0 Å². The lowest BCUT2D eigenvalue weighted by Crippen LogP contribution is -2.36. The SMILES string of the molecule is CO[C@H]1[C@H](CNc2ncccn2)CCN1c1cccc(C(=O)O)c1. The standard InChI is InChI=1S/C17H20N4O3/c1-24-15-13(11-20-17-18-7-3-8-19-17)6-9-21(15)14-5-2-4-12(10-14)16(22)23/h2-5,7-8,10,13,15H,6,9,11H2,1H3,(H,22,23)(H,18,19,20)/t13-,15-/m0/s1. The Morgan fingerprint density at radius 2 is 2.17 bits per heavy atom. The smallest absolute Gasteiger partial charge is 0.335 e. The first kappa shape index (κ1) is 16.2. The lowest BCUT2D eigenvalue weighted by atomic mass is 10.1. The van der Waals surface area contributed by atoms with E-state index in [9.17, 15) is 4.79 Å². The Kier molecular flexibility index (Phi) is 4.90. The third-order valence-corrected chi connectivity index (χ3v) is 4.21. The van der Waals surface area contributed by atoms with Crippen molar-refractivity contribution in [3.63, 3.8) is 0 Å². The summed E-state index contributed by atoms with van der Waals surface area (Å²) in [5.41, 5.74) is 1.14. The third-order valence-electron chi connectivity index (χ3n) is 4.21. The first-order valence-electron chi connectivity index (χ1n) is 7.82. The van der Waals surface area contributed by atoms with Gasteiger partial charge in [0, 0.05) is 44.2 Å². The molecule has 2 aromatic rings. The molecule has 1 aromatic carbocycles. The molecule has 3 rings (SSSR count). The number of methoxy groups -OCH3 is 1. The number of hydrogen-bond donors (Lipinski definition) is 2. The van der Waals surface area contributed by atoms with E-state index in [4.69, 9.17) is 9.84 Å². The number of anilines is 2. The second-order valence-electron chi connectivity index (χ2n) is 5.68. The topological polar surface area (TPSA) is 87.6 Å². The zero-order chi connectivity index (χ0) is 16.9. The summed E-state index contributed by atoms with van der Waals surface area (Å²) < 4.78 is 5.68. The van der Waals surface area contributed by atoms with Crippen molar-refractivity contribution in [1.29, 1.82) is 0 Å². The quantitative estimate of drug-likeness (QED) is 0.839. The van der Waals surface area contributed by atoms with E-state index >= 15 is 0 Å². The Labute approximate surface area is 140 Å². The van der Waals surface area contributed by atoms with Crippen molar-refractivity contribution >= 4 is 17.6 Å². The highest BCUT2D eigenvalue weighted by molar-refractivity contribution is 5.88. The molecule has 2 atom stereocenters. The molecule has 1 saturated heterocycles. The predicted molar refractivity (Wildman–Crippen MR) is 90.2 cm³/mol. The number of nitrogens with zero attached hydrogens (tertiary/aromatic N) is 3. The molecule has 126 valence electrons. The lowest BCUT2D eigenvalue weighted by Gasteiger charge is -2.29. The van der Waals surface area contributed by atoms with Crippen LogP contribution in [0, 0.1) is 5.92 Å².